The Morgan fingerprint density at radius 3 is 2.78 bits per heavy atom. The maximum absolute atomic E-state index is 10.8. The molecule has 1 aromatic heterocycles. The number of nitrogens with one attached hydrogen (secondary N) is 1. The Bertz CT molecular complexity index is 412. The van der Waals surface area contributed by atoms with E-state index in [0.717, 1.165) is 12.3 Å². The number of hydrogen-bond donors (Lipinski definition) is 1. The molecular weight excluding hydrogens is 252 g/mol. The third kappa shape index (κ3) is 4.89. The Balaban J connectivity index is 2.79. The van der Waals surface area contributed by atoms with Crippen LogP contribution in [0.25, 0.3) is 0 Å². The van der Waals surface area contributed by atoms with E-state index in [4.69, 9.17) is 0 Å². The van der Waals surface area contributed by atoms with Gasteiger partial charge in [0.05, 0.1) is 11.0 Å². The summed E-state index contributed by atoms with van der Waals surface area (Å²) in [5, 5.41) is 14.5. The molecule has 0 saturated carbocycles. The number of rotatable bonds is 7. The zero-order valence-corrected chi connectivity index (χ0v) is 11.7. The second-order valence-electron chi connectivity index (χ2n) is 3.99. The van der Waals surface area contributed by atoms with E-state index < -0.39 is 4.92 Å². The lowest BCUT2D eigenvalue weighted by Crippen LogP contribution is -2.14. The molecule has 0 fully saturated rings. The molecule has 0 aromatic carbocycles. The molecular formula is C11H18N4O2S. The molecule has 7 heteroatoms. The number of nitro groups is 1. The van der Waals surface area contributed by atoms with Crippen LogP contribution >= 0.6 is 11.8 Å². The predicted molar refractivity (Wildman–Crippen MR) is 74.3 cm³/mol. The number of aromatic nitrogens is 1. The lowest BCUT2D eigenvalue weighted by molar-refractivity contribution is -0.385. The van der Waals surface area contributed by atoms with Crippen LogP contribution in [-0.2, 0) is 0 Å². The van der Waals surface area contributed by atoms with E-state index in [2.05, 4.69) is 15.2 Å². The van der Waals surface area contributed by atoms with Crippen molar-refractivity contribution in [3.63, 3.8) is 0 Å². The molecule has 0 amide bonds. The first-order valence-corrected chi connectivity index (χ1v) is 6.69. The first kappa shape index (κ1) is 14.7. The molecule has 0 atom stereocenters. The molecule has 0 aliphatic rings. The number of nitrogens with zero attached hydrogens (tertiary/aromatic N) is 3. The summed E-state index contributed by atoms with van der Waals surface area (Å²) in [7, 11) is 3.98. The third-order valence-electron chi connectivity index (χ3n) is 2.14. The van der Waals surface area contributed by atoms with E-state index in [1.165, 1.54) is 23.9 Å². The first-order chi connectivity index (χ1) is 8.52. The van der Waals surface area contributed by atoms with Gasteiger partial charge < -0.3 is 10.2 Å². The van der Waals surface area contributed by atoms with Crippen molar-refractivity contribution >= 4 is 23.3 Å². The molecule has 1 N–H and O–H groups in total. The summed E-state index contributed by atoms with van der Waals surface area (Å²) >= 11 is 1.52. The molecule has 0 spiro atoms. The molecule has 1 aromatic rings. The van der Waals surface area contributed by atoms with Crippen LogP contribution in [0.4, 0.5) is 11.5 Å². The Kier molecular flexibility index (Phi) is 5.87. The Morgan fingerprint density at radius 2 is 2.22 bits per heavy atom. The van der Waals surface area contributed by atoms with Crippen molar-refractivity contribution in [1.82, 2.24) is 9.88 Å². The van der Waals surface area contributed by atoms with E-state index in [9.17, 15) is 10.1 Å². The van der Waals surface area contributed by atoms with Crippen molar-refractivity contribution in [3.05, 3.63) is 22.2 Å². The molecule has 1 rings (SSSR count). The van der Waals surface area contributed by atoms with Gasteiger partial charge in [0.1, 0.15) is 10.8 Å². The smallest absolute Gasteiger partial charge is 0.275 e. The van der Waals surface area contributed by atoms with Crippen LogP contribution in [0.5, 0.6) is 0 Å². The SMILES string of the molecule is CCNc1cc([N+](=O)[O-])cc(SCCN(C)C)n1. The Morgan fingerprint density at radius 1 is 1.50 bits per heavy atom. The van der Waals surface area contributed by atoms with Crippen LogP contribution in [-0.4, -0.2) is 47.7 Å². The summed E-state index contributed by atoms with van der Waals surface area (Å²) in [6.07, 6.45) is 0. The van der Waals surface area contributed by atoms with Crippen LogP contribution in [0.2, 0.25) is 0 Å². The number of pyridine rings is 1. The second kappa shape index (κ2) is 7.17. The van der Waals surface area contributed by atoms with Gasteiger partial charge in [-0.25, -0.2) is 4.98 Å². The lowest BCUT2D eigenvalue weighted by Gasteiger charge is -2.09. The van der Waals surface area contributed by atoms with Crippen molar-refractivity contribution in [2.45, 2.75) is 11.9 Å². The number of thioether (sulfide) groups is 1. The Labute approximate surface area is 111 Å². The minimum atomic E-state index is -0.390. The van der Waals surface area contributed by atoms with Crippen molar-refractivity contribution in [3.8, 4) is 0 Å². The van der Waals surface area contributed by atoms with Gasteiger partial charge in [-0.1, -0.05) is 0 Å². The topological polar surface area (TPSA) is 71.3 Å². The molecule has 18 heavy (non-hydrogen) atoms. The summed E-state index contributed by atoms with van der Waals surface area (Å²) in [4.78, 5) is 16.8. The zero-order valence-electron chi connectivity index (χ0n) is 10.8. The lowest BCUT2D eigenvalue weighted by atomic mass is 10.4. The summed E-state index contributed by atoms with van der Waals surface area (Å²) in [5.41, 5.74) is 0.0771. The average Bonchev–Trinajstić information content (AvgIpc) is 2.28. The van der Waals surface area contributed by atoms with E-state index in [-0.39, 0.29) is 5.69 Å². The molecule has 0 aliphatic heterocycles. The minimum absolute atomic E-state index is 0.0771. The fourth-order valence-electron chi connectivity index (χ4n) is 1.28. The van der Waals surface area contributed by atoms with Gasteiger partial charge in [0.2, 0.25) is 0 Å². The van der Waals surface area contributed by atoms with Crippen molar-refractivity contribution in [2.24, 2.45) is 0 Å². The average molecular weight is 270 g/mol. The molecule has 0 aliphatic carbocycles. The van der Waals surface area contributed by atoms with Gasteiger partial charge >= 0.3 is 0 Å². The maximum Gasteiger partial charge on any atom is 0.275 e. The highest BCUT2D eigenvalue weighted by atomic mass is 32.2. The van der Waals surface area contributed by atoms with Gasteiger partial charge in [0.25, 0.3) is 5.69 Å². The highest BCUT2D eigenvalue weighted by Gasteiger charge is 2.11. The van der Waals surface area contributed by atoms with E-state index in [1.54, 1.807) is 0 Å². The summed E-state index contributed by atoms with van der Waals surface area (Å²) in [5.74, 6) is 1.41. The van der Waals surface area contributed by atoms with Gasteiger partial charge in [-0.3, -0.25) is 10.1 Å². The van der Waals surface area contributed by atoms with E-state index in [0.29, 0.717) is 17.4 Å². The van der Waals surface area contributed by atoms with Crippen LogP contribution < -0.4 is 5.32 Å². The van der Waals surface area contributed by atoms with E-state index in [1.807, 2.05) is 21.0 Å². The van der Waals surface area contributed by atoms with Gasteiger partial charge in [-0.2, -0.15) is 0 Å². The highest BCUT2D eigenvalue weighted by molar-refractivity contribution is 7.99. The molecule has 1 heterocycles. The first-order valence-electron chi connectivity index (χ1n) is 5.70. The summed E-state index contributed by atoms with van der Waals surface area (Å²) in [6, 6.07) is 2.97. The fraction of sp³-hybridized carbons (Fsp3) is 0.545. The van der Waals surface area contributed by atoms with Crippen molar-refractivity contribution in [1.29, 1.82) is 0 Å². The highest BCUT2D eigenvalue weighted by Crippen LogP contribution is 2.24. The monoisotopic (exact) mass is 270 g/mol. The fourth-order valence-corrected chi connectivity index (χ4v) is 2.31. The molecule has 6 nitrogen and oxygen atoms in total. The summed E-state index contributed by atoms with van der Waals surface area (Å²) in [6.45, 7) is 3.53. The van der Waals surface area contributed by atoms with Gasteiger partial charge in [-0.05, 0) is 21.0 Å². The largest absolute Gasteiger partial charge is 0.370 e. The van der Waals surface area contributed by atoms with Crippen molar-refractivity contribution in [2.75, 3.05) is 38.3 Å². The Hall–Kier alpha value is -1.34. The standard InChI is InChI=1S/C11H18N4O2S/c1-4-12-10-7-9(15(16)17)8-11(13-10)18-6-5-14(2)3/h7-8H,4-6H2,1-3H3,(H,12,13). The van der Waals surface area contributed by atoms with E-state index >= 15 is 0 Å². The molecule has 0 saturated heterocycles. The molecule has 0 unspecified atom stereocenters. The van der Waals surface area contributed by atoms with Crippen LogP contribution in [0.3, 0.4) is 0 Å². The van der Waals surface area contributed by atoms with Gasteiger partial charge in [-0.15, -0.1) is 11.8 Å². The number of hydrogen-bond acceptors (Lipinski definition) is 6. The van der Waals surface area contributed by atoms with Gasteiger partial charge in [0, 0.05) is 24.9 Å². The molecule has 100 valence electrons. The minimum Gasteiger partial charge on any atom is -0.370 e. The van der Waals surface area contributed by atoms with Crippen LogP contribution in [0.1, 0.15) is 6.92 Å². The third-order valence-corrected chi connectivity index (χ3v) is 3.04. The molecule has 0 radical (unpaired) electrons. The zero-order chi connectivity index (χ0) is 13.5. The van der Waals surface area contributed by atoms with Crippen LogP contribution in [0.15, 0.2) is 17.2 Å². The summed E-state index contributed by atoms with van der Waals surface area (Å²) < 4.78 is 0. The molecule has 0 bridgehead atoms. The second-order valence-corrected chi connectivity index (χ2v) is 5.10. The van der Waals surface area contributed by atoms with Gasteiger partial charge in [0.15, 0.2) is 0 Å². The predicted octanol–water partition coefficient (Wildman–Crippen LogP) is 2.08. The van der Waals surface area contributed by atoms with Crippen LogP contribution in [0, 0.1) is 10.1 Å². The normalized spacial score (nSPS) is 10.7. The van der Waals surface area contributed by atoms with Crippen molar-refractivity contribution < 1.29 is 4.92 Å². The number of anilines is 1. The quantitative estimate of drug-likeness (QED) is 0.464. The maximum atomic E-state index is 10.8.